The van der Waals surface area contributed by atoms with Gasteiger partial charge < -0.3 is 4.98 Å². The molecule has 1 aliphatic heterocycles. The molecular weight excluding hydrogens is 336 g/mol. The first kappa shape index (κ1) is 17.7. The summed E-state index contributed by atoms with van der Waals surface area (Å²) in [4.78, 5) is 7.47. The fourth-order valence-electron chi connectivity index (χ4n) is 4.44. The van der Waals surface area contributed by atoms with E-state index >= 15 is 0 Å². The van der Waals surface area contributed by atoms with E-state index in [9.17, 15) is 0 Å². The summed E-state index contributed by atoms with van der Waals surface area (Å²) < 4.78 is 0. The van der Waals surface area contributed by atoms with Crippen molar-refractivity contribution in [2.24, 2.45) is 0 Å². The van der Waals surface area contributed by atoms with Crippen LogP contribution in [0.15, 0.2) is 47.5 Å². The number of aromatic nitrogens is 1. The number of aryl methyl sites for hydroxylation is 2. The third-order valence-electron chi connectivity index (χ3n) is 5.85. The van der Waals surface area contributed by atoms with Crippen molar-refractivity contribution in [3.63, 3.8) is 0 Å². The van der Waals surface area contributed by atoms with Crippen LogP contribution in [0.25, 0.3) is 10.9 Å². The summed E-state index contributed by atoms with van der Waals surface area (Å²) in [6.07, 6.45) is 8.12. The van der Waals surface area contributed by atoms with Crippen LogP contribution in [-0.4, -0.2) is 22.7 Å². The number of hydrogen-bond acceptors (Lipinski definition) is 2. The van der Waals surface area contributed by atoms with Crippen LogP contribution in [0.2, 0.25) is 0 Å². The molecule has 0 amide bonds. The van der Waals surface area contributed by atoms with E-state index < -0.39 is 0 Å². The summed E-state index contributed by atoms with van der Waals surface area (Å²) in [5, 5.41) is 1.39. The zero-order chi connectivity index (χ0) is 18.1. The smallest absolute Gasteiger partial charge is 0.0487 e. The molecule has 0 saturated carbocycles. The van der Waals surface area contributed by atoms with Crippen LogP contribution in [0.4, 0.5) is 0 Å². The molecule has 1 unspecified atom stereocenters. The largest absolute Gasteiger partial charge is 0.361 e. The normalized spacial score (nSPS) is 18.5. The molecule has 1 saturated heterocycles. The van der Waals surface area contributed by atoms with Crippen molar-refractivity contribution < 1.29 is 0 Å². The molecule has 4 rings (SSSR count). The Morgan fingerprint density at radius 3 is 2.65 bits per heavy atom. The van der Waals surface area contributed by atoms with Gasteiger partial charge in [0.05, 0.1) is 0 Å². The molecule has 0 aliphatic carbocycles. The lowest BCUT2D eigenvalue weighted by Crippen LogP contribution is -2.33. The van der Waals surface area contributed by atoms with Crippen LogP contribution in [-0.2, 0) is 6.54 Å². The number of H-pyrrole nitrogens is 1. The summed E-state index contributed by atoms with van der Waals surface area (Å²) >= 11 is 1.82. The van der Waals surface area contributed by atoms with Crippen molar-refractivity contribution >= 4 is 22.7 Å². The second kappa shape index (κ2) is 7.50. The molecule has 3 aromatic rings. The predicted octanol–water partition coefficient (Wildman–Crippen LogP) is 6.23. The number of piperidine rings is 1. The van der Waals surface area contributed by atoms with Crippen LogP contribution in [0.5, 0.6) is 0 Å². The summed E-state index contributed by atoms with van der Waals surface area (Å²) in [6.45, 7) is 6.69. The van der Waals surface area contributed by atoms with Gasteiger partial charge in [-0.25, -0.2) is 0 Å². The van der Waals surface area contributed by atoms with Crippen molar-refractivity contribution in [2.45, 2.75) is 50.6 Å². The molecule has 1 aromatic heterocycles. The minimum Gasteiger partial charge on any atom is -0.361 e. The van der Waals surface area contributed by atoms with E-state index in [2.05, 4.69) is 72.6 Å². The van der Waals surface area contributed by atoms with Crippen LogP contribution >= 0.6 is 11.8 Å². The highest BCUT2D eigenvalue weighted by molar-refractivity contribution is 7.98. The highest BCUT2D eigenvalue weighted by atomic mass is 32.2. The summed E-state index contributed by atoms with van der Waals surface area (Å²) in [5.41, 5.74) is 7.01. The monoisotopic (exact) mass is 364 g/mol. The number of nitrogens with one attached hydrogen (secondary N) is 1. The predicted molar refractivity (Wildman–Crippen MR) is 113 cm³/mol. The molecule has 1 fully saturated rings. The second-order valence-electron chi connectivity index (χ2n) is 7.51. The zero-order valence-corrected chi connectivity index (χ0v) is 16.8. The molecule has 0 radical (unpaired) electrons. The molecule has 1 atom stereocenters. The average molecular weight is 365 g/mol. The van der Waals surface area contributed by atoms with Crippen LogP contribution in [0.1, 0.15) is 47.6 Å². The Bertz CT molecular complexity index is 894. The molecule has 2 nitrogen and oxygen atoms in total. The Hall–Kier alpha value is -1.71. The van der Waals surface area contributed by atoms with Gasteiger partial charge in [-0.05, 0) is 79.9 Å². The lowest BCUT2D eigenvalue weighted by molar-refractivity contribution is 0.140. The van der Waals surface area contributed by atoms with Crippen molar-refractivity contribution in [3.05, 3.63) is 64.8 Å². The second-order valence-corrected chi connectivity index (χ2v) is 8.39. The molecule has 26 heavy (non-hydrogen) atoms. The first-order valence-electron chi connectivity index (χ1n) is 9.61. The van der Waals surface area contributed by atoms with Crippen molar-refractivity contribution in [1.82, 2.24) is 9.88 Å². The minimum atomic E-state index is 0.536. The van der Waals surface area contributed by atoms with E-state index in [0.717, 1.165) is 6.54 Å². The first-order valence-corrected chi connectivity index (χ1v) is 10.8. The fraction of sp³-hybridized carbons (Fsp3) is 0.391. The van der Waals surface area contributed by atoms with E-state index in [0.29, 0.717) is 6.04 Å². The first-order chi connectivity index (χ1) is 12.7. The van der Waals surface area contributed by atoms with E-state index in [1.807, 2.05) is 11.8 Å². The van der Waals surface area contributed by atoms with Crippen LogP contribution in [0, 0.1) is 13.8 Å². The maximum Gasteiger partial charge on any atom is 0.0487 e. The summed E-state index contributed by atoms with van der Waals surface area (Å²) in [6, 6.07) is 14.3. The van der Waals surface area contributed by atoms with Crippen molar-refractivity contribution in [3.8, 4) is 0 Å². The lowest BCUT2D eigenvalue weighted by atomic mass is 9.93. The topological polar surface area (TPSA) is 19.0 Å². The highest BCUT2D eigenvalue weighted by Gasteiger charge is 2.25. The molecule has 0 bridgehead atoms. The van der Waals surface area contributed by atoms with Gasteiger partial charge in [-0.3, -0.25) is 4.90 Å². The van der Waals surface area contributed by atoms with Gasteiger partial charge >= 0.3 is 0 Å². The SMILES string of the molecule is CSc1ccc(C2CCCCN2Cc2c(C)cc(C)c3[nH]ccc23)cc1. The van der Waals surface area contributed by atoms with Crippen LogP contribution in [0.3, 0.4) is 0 Å². The van der Waals surface area contributed by atoms with E-state index in [-0.39, 0.29) is 0 Å². The number of nitrogens with zero attached hydrogens (tertiary/aromatic N) is 1. The maximum atomic E-state index is 3.43. The Kier molecular flexibility index (Phi) is 5.10. The molecule has 3 heteroatoms. The Morgan fingerprint density at radius 2 is 1.88 bits per heavy atom. The molecule has 2 heterocycles. The Morgan fingerprint density at radius 1 is 1.08 bits per heavy atom. The number of rotatable bonds is 4. The minimum absolute atomic E-state index is 0.536. The van der Waals surface area contributed by atoms with Gasteiger partial charge in [-0.2, -0.15) is 0 Å². The Balaban J connectivity index is 1.66. The molecule has 136 valence electrons. The summed E-state index contributed by atoms with van der Waals surface area (Å²) in [7, 11) is 0. The van der Waals surface area contributed by atoms with Gasteiger partial charge in [0, 0.05) is 34.6 Å². The number of hydrogen-bond donors (Lipinski definition) is 1. The van der Waals surface area contributed by atoms with E-state index in [1.54, 1.807) is 0 Å². The average Bonchev–Trinajstić information content (AvgIpc) is 3.16. The Labute approximate surface area is 161 Å². The van der Waals surface area contributed by atoms with Gasteiger partial charge in [0.2, 0.25) is 0 Å². The van der Waals surface area contributed by atoms with Gasteiger partial charge in [0.1, 0.15) is 0 Å². The fourth-order valence-corrected chi connectivity index (χ4v) is 4.85. The number of thioether (sulfide) groups is 1. The third kappa shape index (κ3) is 3.30. The highest BCUT2D eigenvalue weighted by Crippen LogP contribution is 2.35. The lowest BCUT2D eigenvalue weighted by Gasteiger charge is -2.36. The molecular formula is C23H28N2S. The molecule has 2 aromatic carbocycles. The van der Waals surface area contributed by atoms with Gasteiger partial charge in [-0.1, -0.05) is 24.6 Å². The molecule has 0 spiro atoms. The van der Waals surface area contributed by atoms with E-state index in [4.69, 9.17) is 0 Å². The van der Waals surface area contributed by atoms with Crippen molar-refractivity contribution in [1.29, 1.82) is 0 Å². The molecule has 1 N–H and O–H groups in total. The van der Waals surface area contributed by atoms with E-state index in [1.165, 1.54) is 63.9 Å². The standard InChI is InChI=1S/C23H28N2S/c1-16-14-17(2)23-20(11-12-24-23)21(16)15-25-13-5-4-6-22(25)18-7-9-19(26-3)10-8-18/h7-12,14,22,24H,4-6,13,15H2,1-3H3. The summed E-state index contributed by atoms with van der Waals surface area (Å²) in [5.74, 6) is 0. The maximum absolute atomic E-state index is 3.43. The molecule has 1 aliphatic rings. The van der Waals surface area contributed by atoms with Gasteiger partial charge in [0.15, 0.2) is 0 Å². The number of benzene rings is 2. The van der Waals surface area contributed by atoms with Crippen LogP contribution < -0.4 is 0 Å². The van der Waals surface area contributed by atoms with Gasteiger partial charge in [-0.15, -0.1) is 11.8 Å². The quantitative estimate of drug-likeness (QED) is 0.553. The third-order valence-corrected chi connectivity index (χ3v) is 6.59. The number of likely N-dealkylation sites (tertiary alicyclic amines) is 1. The number of fused-ring (bicyclic) bond motifs is 1. The van der Waals surface area contributed by atoms with Gasteiger partial charge in [0.25, 0.3) is 0 Å². The number of aromatic amines is 1. The zero-order valence-electron chi connectivity index (χ0n) is 16.0. The van der Waals surface area contributed by atoms with Crippen molar-refractivity contribution in [2.75, 3.05) is 12.8 Å².